The van der Waals surface area contributed by atoms with Crippen molar-refractivity contribution in [3.05, 3.63) is 42.5 Å². The van der Waals surface area contributed by atoms with Gasteiger partial charge in [-0.2, -0.15) is 0 Å². The molecule has 2 fully saturated rings. The standard InChI is InChI=1S/C19H24N2O4/c1-2-7-14-8-3-4-9-16(14)25-13-15(22)12-21-17(23)19(20-18(21)24)10-5-6-11-19/h2-4,8-9,15,22H,1,5-7,10-13H2,(H,20,24)/t15-/m1/s1. The number of rotatable bonds is 7. The maximum atomic E-state index is 12.6. The SMILES string of the molecule is C=CCc1ccccc1OC[C@H](O)CN1C(=O)NC2(CCCC2)C1=O. The van der Waals surface area contributed by atoms with E-state index in [1.807, 2.05) is 24.3 Å². The average molecular weight is 344 g/mol. The van der Waals surface area contributed by atoms with Gasteiger partial charge in [-0.3, -0.25) is 9.69 Å². The van der Waals surface area contributed by atoms with Crippen molar-refractivity contribution in [2.75, 3.05) is 13.2 Å². The lowest BCUT2D eigenvalue weighted by atomic mass is 9.98. The minimum atomic E-state index is -0.942. The third-order valence-electron chi connectivity index (χ3n) is 4.86. The Morgan fingerprint density at radius 2 is 2.04 bits per heavy atom. The largest absolute Gasteiger partial charge is 0.491 e. The number of urea groups is 1. The van der Waals surface area contributed by atoms with Gasteiger partial charge in [0.1, 0.15) is 24.0 Å². The molecule has 1 aromatic carbocycles. The minimum Gasteiger partial charge on any atom is -0.491 e. The third-order valence-corrected chi connectivity index (χ3v) is 4.86. The number of hydrogen-bond acceptors (Lipinski definition) is 4. The van der Waals surface area contributed by atoms with Crippen LogP contribution in [0.1, 0.15) is 31.2 Å². The number of nitrogens with zero attached hydrogens (tertiary/aromatic N) is 1. The molecule has 6 heteroatoms. The molecule has 0 radical (unpaired) electrons. The van der Waals surface area contributed by atoms with Crippen molar-refractivity contribution < 1.29 is 19.4 Å². The van der Waals surface area contributed by atoms with Crippen LogP contribution in [0.2, 0.25) is 0 Å². The Morgan fingerprint density at radius 3 is 2.76 bits per heavy atom. The van der Waals surface area contributed by atoms with Gasteiger partial charge in [0, 0.05) is 0 Å². The number of carbonyl (C=O) groups is 2. The number of nitrogens with one attached hydrogen (secondary N) is 1. The second-order valence-corrected chi connectivity index (χ2v) is 6.70. The van der Waals surface area contributed by atoms with Crippen LogP contribution in [0.25, 0.3) is 0 Å². The minimum absolute atomic E-state index is 0.0121. The summed E-state index contributed by atoms with van der Waals surface area (Å²) in [5.74, 6) is 0.451. The maximum Gasteiger partial charge on any atom is 0.325 e. The van der Waals surface area contributed by atoms with Gasteiger partial charge in [-0.05, 0) is 30.9 Å². The summed E-state index contributed by atoms with van der Waals surface area (Å²) >= 11 is 0. The number of para-hydroxylation sites is 1. The molecule has 0 aromatic heterocycles. The number of aliphatic hydroxyl groups is 1. The van der Waals surface area contributed by atoms with Crippen LogP contribution in [-0.4, -0.2) is 46.7 Å². The number of imide groups is 1. The third kappa shape index (κ3) is 3.54. The summed E-state index contributed by atoms with van der Waals surface area (Å²) in [5.41, 5.74) is 0.235. The van der Waals surface area contributed by atoms with Gasteiger partial charge in [0.15, 0.2) is 0 Å². The number of β-amino-alcohol motifs (C(OH)–C–C–N with tert-alkyl or cyclic N) is 1. The van der Waals surface area contributed by atoms with E-state index >= 15 is 0 Å². The molecule has 3 amide bonds. The average Bonchev–Trinajstić information content (AvgIpc) is 3.15. The van der Waals surface area contributed by atoms with Crippen molar-refractivity contribution in [3.8, 4) is 5.75 Å². The summed E-state index contributed by atoms with van der Waals surface area (Å²) in [6.07, 6.45) is 4.74. The van der Waals surface area contributed by atoms with Crippen LogP contribution in [0.4, 0.5) is 4.79 Å². The monoisotopic (exact) mass is 344 g/mol. The second-order valence-electron chi connectivity index (χ2n) is 6.70. The Balaban J connectivity index is 1.58. The fourth-order valence-corrected chi connectivity index (χ4v) is 3.58. The molecule has 2 N–H and O–H groups in total. The van der Waals surface area contributed by atoms with E-state index in [9.17, 15) is 14.7 Å². The highest BCUT2D eigenvalue weighted by molar-refractivity contribution is 6.07. The van der Waals surface area contributed by atoms with Crippen LogP contribution in [-0.2, 0) is 11.2 Å². The van der Waals surface area contributed by atoms with E-state index in [0.717, 1.165) is 23.3 Å². The highest BCUT2D eigenvalue weighted by atomic mass is 16.5. The van der Waals surface area contributed by atoms with Gasteiger partial charge in [-0.15, -0.1) is 6.58 Å². The van der Waals surface area contributed by atoms with Crippen LogP contribution in [0.15, 0.2) is 36.9 Å². The smallest absolute Gasteiger partial charge is 0.325 e. The lowest BCUT2D eigenvalue weighted by Crippen LogP contribution is -2.45. The predicted molar refractivity (Wildman–Crippen MR) is 93.3 cm³/mol. The molecule has 1 aliphatic heterocycles. The Hall–Kier alpha value is -2.34. The molecule has 1 aromatic rings. The number of amides is 3. The van der Waals surface area contributed by atoms with Crippen LogP contribution in [0.3, 0.4) is 0 Å². The topological polar surface area (TPSA) is 78.9 Å². The first kappa shape index (κ1) is 17.5. The van der Waals surface area contributed by atoms with Gasteiger partial charge in [-0.25, -0.2) is 4.79 Å². The van der Waals surface area contributed by atoms with E-state index in [0.29, 0.717) is 25.0 Å². The van der Waals surface area contributed by atoms with Crippen LogP contribution in [0.5, 0.6) is 5.75 Å². The lowest BCUT2D eigenvalue weighted by Gasteiger charge is -2.21. The van der Waals surface area contributed by atoms with Gasteiger partial charge in [0.2, 0.25) is 0 Å². The van der Waals surface area contributed by atoms with Crippen molar-refractivity contribution in [1.29, 1.82) is 0 Å². The summed E-state index contributed by atoms with van der Waals surface area (Å²) in [6, 6.07) is 7.11. The summed E-state index contributed by atoms with van der Waals surface area (Å²) in [4.78, 5) is 25.8. The molecule has 134 valence electrons. The molecule has 1 aliphatic carbocycles. The van der Waals surface area contributed by atoms with Crippen molar-refractivity contribution in [2.45, 2.75) is 43.7 Å². The molecule has 1 spiro atoms. The first-order valence-electron chi connectivity index (χ1n) is 8.69. The summed E-state index contributed by atoms with van der Waals surface area (Å²) < 4.78 is 5.68. The normalized spacial score (nSPS) is 20.0. The fourth-order valence-electron chi connectivity index (χ4n) is 3.58. The van der Waals surface area contributed by atoms with Crippen molar-refractivity contribution >= 4 is 11.9 Å². The summed E-state index contributed by atoms with van der Waals surface area (Å²) in [5, 5.41) is 13.0. The van der Waals surface area contributed by atoms with E-state index in [2.05, 4.69) is 11.9 Å². The first-order valence-corrected chi connectivity index (χ1v) is 8.69. The van der Waals surface area contributed by atoms with Gasteiger partial charge in [0.25, 0.3) is 5.91 Å². The fraction of sp³-hybridized carbons (Fsp3) is 0.474. The highest BCUT2D eigenvalue weighted by Gasteiger charge is 2.52. The number of ether oxygens (including phenoxy) is 1. The van der Waals surface area contributed by atoms with E-state index in [1.165, 1.54) is 0 Å². The molecule has 0 unspecified atom stereocenters. The van der Waals surface area contributed by atoms with Crippen LogP contribution < -0.4 is 10.1 Å². The van der Waals surface area contributed by atoms with Gasteiger partial charge >= 0.3 is 6.03 Å². The molecule has 1 saturated heterocycles. The zero-order chi connectivity index (χ0) is 17.9. The molecule has 1 heterocycles. The molecular weight excluding hydrogens is 320 g/mol. The molecule has 3 rings (SSSR count). The number of aliphatic hydroxyl groups excluding tert-OH is 1. The van der Waals surface area contributed by atoms with Crippen molar-refractivity contribution in [3.63, 3.8) is 0 Å². The van der Waals surface area contributed by atoms with E-state index in [-0.39, 0.29) is 19.1 Å². The Bertz CT molecular complexity index is 667. The molecule has 6 nitrogen and oxygen atoms in total. The Labute approximate surface area is 147 Å². The molecule has 0 bridgehead atoms. The molecule has 2 aliphatic rings. The number of benzene rings is 1. The molecular formula is C19H24N2O4. The molecule has 25 heavy (non-hydrogen) atoms. The van der Waals surface area contributed by atoms with Crippen LogP contribution >= 0.6 is 0 Å². The second kappa shape index (κ2) is 7.27. The quantitative estimate of drug-likeness (QED) is 0.586. The lowest BCUT2D eigenvalue weighted by molar-refractivity contribution is -0.132. The van der Waals surface area contributed by atoms with Crippen molar-refractivity contribution in [1.82, 2.24) is 10.2 Å². The molecule has 1 atom stereocenters. The van der Waals surface area contributed by atoms with Gasteiger partial charge in [-0.1, -0.05) is 37.1 Å². The zero-order valence-corrected chi connectivity index (χ0v) is 14.2. The molecule has 1 saturated carbocycles. The van der Waals surface area contributed by atoms with Crippen LogP contribution in [0, 0.1) is 0 Å². The summed E-state index contributed by atoms with van der Waals surface area (Å²) in [7, 11) is 0. The van der Waals surface area contributed by atoms with Crippen molar-refractivity contribution in [2.24, 2.45) is 0 Å². The van der Waals surface area contributed by atoms with E-state index < -0.39 is 17.7 Å². The number of carbonyl (C=O) groups excluding carboxylic acids is 2. The van der Waals surface area contributed by atoms with E-state index in [1.54, 1.807) is 6.08 Å². The summed E-state index contributed by atoms with van der Waals surface area (Å²) in [6.45, 7) is 3.67. The van der Waals surface area contributed by atoms with E-state index in [4.69, 9.17) is 4.74 Å². The Morgan fingerprint density at radius 1 is 1.32 bits per heavy atom. The Kier molecular flexibility index (Phi) is 5.08. The zero-order valence-electron chi connectivity index (χ0n) is 14.2. The van der Waals surface area contributed by atoms with Gasteiger partial charge in [0.05, 0.1) is 6.54 Å². The number of hydrogen-bond donors (Lipinski definition) is 2. The van der Waals surface area contributed by atoms with Gasteiger partial charge < -0.3 is 15.2 Å². The number of allylic oxidation sites excluding steroid dienone is 1. The highest BCUT2D eigenvalue weighted by Crippen LogP contribution is 2.35. The first-order chi connectivity index (χ1) is 12.1. The predicted octanol–water partition coefficient (Wildman–Crippen LogP) is 2.02. The maximum absolute atomic E-state index is 12.6.